The molecule has 0 aliphatic rings. The maximum absolute atomic E-state index is 10.8. The zero-order chi connectivity index (χ0) is 9.35. The van der Waals surface area contributed by atoms with Gasteiger partial charge in [-0.3, -0.25) is 0 Å². The Hall–Kier alpha value is -0.360. The highest BCUT2D eigenvalue weighted by molar-refractivity contribution is 7.89. The van der Waals surface area contributed by atoms with Crippen molar-refractivity contribution in [3.63, 3.8) is 0 Å². The van der Waals surface area contributed by atoms with E-state index in [4.69, 9.17) is 29.4 Å². The van der Waals surface area contributed by atoms with Crippen molar-refractivity contribution >= 4 is 34.3 Å². The number of benzene rings is 1. The second-order valence-electron chi connectivity index (χ2n) is 2.14. The first-order valence-electron chi connectivity index (χ1n) is 2.90. The fourth-order valence-corrected chi connectivity index (χ4v) is 2.05. The van der Waals surface area contributed by atoms with E-state index in [1.54, 1.807) is 0 Å². The third-order valence-corrected chi connectivity index (χ3v) is 2.86. The average molecular weight is 223 g/mol. The molecule has 0 amide bonds. The lowest BCUT2D eigenvalue weighted by atomic mass is 10.4. The number of primary sulfonamides is 1. The predicted molar refractivity (Wildman–Crippen MR) is 48.7 cm³/mol. The standard InChI is InChI=1S/C6H5ClNO2S2/c7-5-3-4(11)1-2-6(5)12(8,9)10/h1-3H,(H2,8,9,10). The van der Waals surface area contributed by atoms with Crippen LogP contribution in [0.4, 0.5) is 0 Å². The van der Waals surface area contributed by atoms with Crippen LogP contribution in [-0.4, -0.2) is 8.42 Å². The number of nitrogens with two attached hydrogens (primary N) is 1. The summed E-state index contributed by atoms with van der Waals surface area (Å²) in [7, 11) is -3.73. The van der Waals surface area contributed by atoms with Crippen LogP contribution in [0, 0.1) is 0 Å². The molecule has 65 valence electrons. The number of sulfonamides is 1. The molecule has 1 radical (unpaired) electrons. The Balaban J connectivity index is 3.39. The lowest BCUT2D eigenvalue weighted by molar-refractivity contribution is 0.598. The molecule has 0 aliphatic carbocycles. The Bertz CT molecular complexity index is 402. The summed E-state index contributed by atoms with van der Waals surface area (Å²) in [5.74, 6) is 0. The van der Waals surface area contributed by atoms with Gasteiger partial charge in [-0.05, 0) is 18.2 Å². The van der Waals surface area contributed by atoms with Gasteiger partial charge in [-0.15, -0.1) is 0 Å². The van der Waals surface area contributed by atoms with Crippen molar-refractivity contribution in [2.75, 3.05) is 0 Å². The van der Waals surface area contributed by atoms with Crippen LogP contribution in [0.25, 0.3) is 0 Å². The lowest BCUT2D eigenvalue weighted by Gasteiger charge is -2.00. The molecule has 0 bridgehead atoms. The Morgan fingerprint density at radius 3 is 2.42 bits per heavy atom. The second kappa shape index (κ2) is 3.18. The quantitative estimate of drug-likeness (QED) is 0.784. The van der Waals surface area contributed by atoms with Crippen LogP contribution in [0.15, 0.2) is 28.0 Å². The van der Waals surface area contributed by atoms with Gasteiger partial charge in [-0.25, -0.2) is 13.6 Å². The molecule has 1 aromatic rings. The Labute approximate surface area is 81.0 Å². The van der Waals surface area contributed by atoms with Gasteiger partial charge in [0.1, 0.15) is 4.90 Å². The first kappa shape index (κ1) is 9.73. The predicted octanol–water partition coefficient (Wildman–Crippen LogP) is 1.54. The first-order chi connectivity index (χ1) is 5.41. The number of hydrogen-bond donors (Lipinski definition) is 1. The molecule has 12 heavy (non-hydrogen) atoms. The van der Waals surface area contributed by atoms with Gasteiger partial charge >= 0.3 is 0 Å². The van der Waals surface area contributed by atoms with Crippen LogP contribution in [0.1, 0.15) is 0 Å². The van der Waals surface area contributed by atoms with Crippen LogP contribution in [0.2, 0.25) is 5.02 Å². The molecule has 1 rings (SSSR count). The molecular weight excluding hydrogens is 218 g/mol. The second-order valence-corrected chi connectivity index (χ2v) is 4.55. The molecular formula is C6H5ClNO2S2. The molecule has 1 aromatic carbocycles. The lowest BCUT2D eigenvalue weighted by Crippen LogP contribution is -2.12. The summed E-state index contributed by atoms with van der Waals surface area (Å²) in [6.07, 6.45) is 0. The van der Waals surface area contributed by atoms with Crippen molar-refractivity contribution in [1.82, 2.24) is 0 Å². The molecule has 3 nitrogen and oxygen atoms in total. The SMILES string of the molecule is NS(=O)(=O)c1ccc([S])cc1Cl. The van der Waals surface area contributed by atoms with Crippen LogP contribution in [0.3, 0.4) is 0 Å². The van der Waals surface area contributed by atoms with E-state index in [0.717, 1.165) is 0 Å². The third-order valence-electron chi connectivity index (χ3n) is 1.21. The van der Waals surface area contributed by atoms with Crippen LogP contribution in [-0.2, 0) is 10.0 Å². The van der Waals surface area contributed by atoms with E-state index in [0.29, 0.717) is 4.90 Å². The van der Waals surface area contributed by atoms with E-state index in [9.17, 15) is 8.42 Å². The summed E-state index contributed by atoms with van der Waals surface area (Å²) in [6.45, 7) is 0. The van der Waals surface area contributed by atoms with Gasteiger partial charge in [-0.1, -0.05) is 24.2 Å². The van der Waals surface area contributed by atoms with Crippen molar-refractivity contribution in [3.8, 4) is 0 Å². The molecule has 0 spiro atoms. The minimum absolute atomic E-state index is 0.0602. The summed E-state index contributed by atoms with van der Waals surface area (Å²) >= 11 is 10.4. The Morgan fingerprint density at radius 1 is 1.42 bits per heavy atom. The van der Waals surface area contributed by atoms with Crippen molar-refractivity contribution in [2.24, 2.45) is 5.14 Å². The van der Waals surface area contributed by atoms with E-state index in [2.05, 4.69) is 0 Å². The normalized spacial score (nSPS) is 11.5. The van der Waals surface area contributed by atoms with Crippen LogP contribution >= 0.6 is 24.2 Å². The summed E-state index contributed by atoms with van der Waals surface area (Å²) in [4.78, 5) is 0.380. The largest absolute Gasteiger partial charge is 0.239 e. The van der Waals surface area contributed by atoms with Gasteiger partial charge in [0.25, 0.3) is 0 Å². The maximum atomic E-state index is 10.8. The molecule has 2 N–H and O–H groups in total. The molecule has 6 heteroatoms. The third kappa shape index (κ3) is 2.07. The molecule has 0 unspecified atom stereocenters. The van der Waals surface area contributed by atoms with E-state index < -0.39 is 10.0 Å². The van der Waals surface area contributed by atoms with Crippen molar-refractivity contribution in [3.05, 3.63) is 23.2 Å². The monoisotopic (exact) mass is 222 g/mol. The van der Waals surface area contributed by atoms with Gasteiger partial charge < -0.3 is 0 Å². The highest BCUT2D eigenvalue weighted by Gasteiger charge is 2.11. The molecule has 0 heterocycles. The van der Waals surface area contributed by atoms with Gasteiger partial charge in [0.15, 0.2) is 0 Å². The van der Waals surface area contributed by atoms with E-state index in [1.165, 1.54) is 18.2 Å². The minimum Gasteiger partial charge on any atom is -0.225 e. The average Bonchev–Trinajstić information content (AvgIpc) is 1.83. The molecule has 0 saturated heterocycles. The van der Waals surface area contributed by atoms with E-state index in [1.807, 2.05) is 0 Å². The van der Waals surface area contributed by atoms with Crippen molar-refractivity contribution in [2.45, 2.75) is 9.79 Å². The van der Waals surface area contributed by atoms with E-state index in [-0.39, 0.29) is 9.92 Å². The molecule has 0 saturated carbocycles. The van der Waals surface area contributed by atoms with Crippen LogP contribution < -0.4 is 5.14 Å². The van der Waals surface area contributed by atoms with Crippen LogP contribution in [0.5, 0.6) is 0 Å². The topological polar surface area (TPSA) is 60.2 Å². The van der Waals surface area contributed by atoms with Crippen molar-refractivity contribution < 1.29 is 8.42 Å². The van der Waals surface area contributed by atoms with E-state index >= 15 is 0 Å². The highest BCUT2D eigenvalue weighted by atomic mass is 35.5. The van der Waals surface area contributed by atoms with Gasteiger partial charge in [0, 0.05) is 4.90 Å². The van der Waals surface area contributed by atoms with Crippen molar-refractivity contribution in [1.29, 1.82) is 0 Å². The summed E-state index contributed by atoms with van der Waals surface area (Å²) in [6, 6.07) is 4.12. The Morgan fingerprint density at radius 2 is 2.00 bits per heavy atom. The molecule has 0 aliphatic heterocycles. The summed E-state index contributed by atoms with van der Waals surface area (Å²) in [5.41, 5.74) is 0. The molecule has 0 atom stereocenters. The van der Waals surface area contributed by atoms with Gasteiger partial charge in [0.05, 0.1) is 5.02 Å². The number of halogens is 1. The van der Waals surface area contributed by atoms with Gasteiger partial charge in [0.2, 0.25) is 10.0 Å². The highest BCUT2D eigenvalue weighted by Crippen LogP contribution is 2.22. The summed E-state index contributed by atoms with van der Waals surface area (Å²) in [5, 5.41) is 4.92. The fourth-order valence-electron chi connectivity index (χ4n) is 0.712. The number of rotatable bonds is 1. The molecule has 0 aromatic heterocycles. The zero-order valence-corrected chi connectivity index (χ0v) is 8.21. The van der Waals surface area contributed by atoms with Gasteiger partial charge in [-0.2, -0.15) is 0 Å². The first-order valence-corrected chi connectivity index (χ1v) is 5.24. The minimum atomic E-state index is -3.73. The maximum Gasteiger partial charge on any atom is 0.239 e. The summed E-state index contributed by atoms with van der Waals surface area (Å²) < 4.78 is 21.6. The molecule has 0 fully saturated rings. The fraction of sp³-hybridized carbons (Fsp3) is 0. The Kier molecular flexibility index (Phi) is 2.58. The number of hydrogen-bond acceptors (Lipinski definition) is 2. The zero-order valence-electron chi connectivity index (χ0n) is 5.82. The smallest absolute Gasteiger partial charge is 0.225 e.